The van der Waals surface area contributed by atoms with Crippen LogP contribution in [-0.4, -0.2) is 37.8 Å². The van der Waals surface area contributed by atoms with Gasteiger partial charge < -0.3 is 0 Å². The van der Waals surface area contributed by atoms with E-state index in [-0.39, 0.29) is 6.04 Å². The summed E-state index contributed by atoms with van der Waals surface area (Å²) in [5, 5.41) is 0. The second-order valence-corrected chi connectivity index (χ2v) is 4.54. The second-order valence-electron chi connectivity index (χ2n) is 3.55. The molecular formula is C9H17NO2S. The quantitative estimate of drug-likeness (QED) is 0.627. The number of piperidine rings is 1. The van der Waals surface area contributed by atoms with Gasteiger partial charge in [0, 0.05) is 6.04 Å². The highest BCUT2D eigenvalue weighted by molar-refractivity contribution is 7.73. The van der Waals surface area contributed by atoms with E-state index in [4.69, 9.17) is 0 Å². The molecule has 0 aromatic carbocycles. The summed E-state index contributed by atoms with van der Waals surface area (Å²) in [5.41, 5.74) is 0. The fourth-order valence-electron chi connectivity index (χ4n) is 1.95. The molecule has 1 aliphatic rings. The van der Waals surface area contributed by atoms with Crippen molar-refractivity contribution < 1.29 is 8.42 Å². The highest BCUT2D eigenvalue weighted by atomic mass is 32.2. The minimum atomic E-state index is -2.00. The van der Waals surface area contributed by atoms with Crippen molar-refractivity contribution in [3.8, 4) is 0 Å². The molecule has 0 saturated carbocycles. The molecule has 76 valence electrons. The largest absolute Gasteiger partial charge is 0.299 e. The maximum Gasteiger partial charge on any atom is 0.214 e. The van der Waals surface area contributed by atoms with Crippen molar-refractivity contribution in [2.75, 3.05) is 13.6 Å². The third kappa shape index (κ3) is 2.54. The Balaban J connectivity index is 2.85. The van der Waals surface area contributed by atoms with Crippen molar-refractivity contribution in [2.45, 2.75) is 38.6 Å². The summed E-state index contributed by atoms with van der Waals surface area (Å²) in [6.45, 7) is 2.93. The molecule has 1 fully saturated rings. The molecule has 1 saturated heterocycles. The lowest BCUT2D eigenvalue weighted by molar-refractivity contribution is 0.236. The van der Waals surface area contributed by atoms with Crippen LogP contribution in [0.4, 0.5) is 0 Å². The van der Waals surface area contributed by atoms with Gasteiger partial charge >= 0.3 is 0 Å². The van der Waals surface area contributed by atoms with Crippen LogP contribution in [0.2, 0.25) is 0 Å². The van der Waals surface area contributed by atoms with Crippen LogP contribution in [0.3, 0.4) is 0 Å². The van der Waals surface area contributed by atoms with E-state index in [0.29, 0.717) is 11.3 Å². The summed E-state index contributed by atoms with van der Waals surface area (Å²) >= 11 is 0. The fourth-order valence-corrected chi connectivity index (χ4v) is 2.70. The molecule has 1 atom stereocenters. The van der Waals surface area contributed by atoms with E-state index in [9.17, 15) is 8.42 Å². The highest BCUT2D eigenvalue weighted by Gasteiger charge is 2.23. The van der Waals surface area contributed by atoms with E-state index >= 15 is 0 Å². The Bertz CT molecular complexity index is 287. The number of likely N-dealkylation sites (tertiary alicyclic amines) is 1. The van der Waals surface area contributed by atoms with Gasteiger partial charge in [0.05, 0.1) is 4.86 Å². The molecule has 0 aromatic rings. The first-order chi connectivity index (χ1) is 6.16. The third-order valence-electron chi connectivity index (χ3n) is 2.70. The predicted molar refractivity (Wildman–Crippen MR) is 54.5 cm³/mol. The molecule has 4 heteroatoms. The van der Waals surface area contributed by atoms with Crippen LogP contribution in [0.15, 0.2) is 0 Å². The SMILES string of the molecule is CCC(C1CCCCN1C)=S(=O)=O. The third-order valence-corrected chi connectivity index (χ3v) is 3.69. The molecule has 1 unspecified atom stereocenters. The lowest BCUT2D eigenvalue weighted by Gasteiger charge is -2.32. The van der Waals surface area contributed by atoms with E-state index in [1.165, 1.54) is 6.42 Å². The van der Waals surface area contributed by atoms with Crippen molar-refractivity contribution in [3.63, 3.8) is 0 Å². The molecular weight excluding hydrogens is 186 g/mol. The summed E-state index contributed by atoms with van der Waals surface area (Å²) in [7, 11) is 0.00968. The van der Waals surface area contributed by atoms with Crippen molar-refractivity contribution in [1.29, 1.82) is 0 Å². The molecule has 1 aliphatic heterocycles. The monoisotopic (exact) mass is 203 g/mol. The zero-order valence-corrected chi connectivity index (χ0v) is 9.10. The van der Waals surface area contributed by atoms with Crippen LogP contribution >= 0.6 is 0 Å². The zero-order valence-electron chi connectivity index (χ0n) is 8.28. The normalized spacial score (nSPS) is 24.3. The predicted octanol–water partition coefficient (Wildman–Crippen LogP) is 0.932. The van der Waals surface area contributed by atoms with Gasteiger partial charge in [-0.2, -0.15) is 8.42 Å². The van der Waals surface area contributed by atoms with Gasteiger partial charge in [-0.05, 0) is 32.9 Å². The molecule has 0 radical (unpaired) electrons. The maximum atomic E-state index is 10.9. The van der Waals surface area contributed by atoms with Crippen LogP contribution in [0.25, 0.3) is 0 Å². The molecule has 1 heterocycles. The average molecular weight is 203 g/mol. The van der Waals surface area contributed by atoms with Crippen molar-refractivity contribution in [3.05, 3.63) is 0 Å². The lowest BCUT2D eigenvalue weighted by atomic mass is 9.99. The smallest absolute Gasteiger partial charge is 0.214 e. The van der Waals surface area contributed by atoms with Gasteiger partial charge in [0.2, 0.25) is 10.3 Å². The molecule has 0 N–H and O–H groups in total. The molecule has 3 nitrogen and oxygen atoms in total. The molecule has 0 aromatic heterocycles. The topological polar surface area (TPSA) is 37.4 Å². The molecule has 13 heavy (non-hydrogen) atoms. The molecule has 0 amide bonds. The Morgan fingerprint density at radius 1 is 1.46 bits per heavy atom. The van der Waals surface area contributed by atoms with E-state index in [0.717, 1.165) is 19.4 Å². The number of hydrogen-bond acceptors (Lipinski definition) is 3. The Morgan fingerprint density at radius 2 is 2.15 bits per heavy atom. The van der Waals surface area contributed by atoms with E-state index in [2.05, 4.69) is 4.90 Å². The van der Waals surface area contributed by atoms with Gasteiger partial charge in [-0.15, -0.1) is 0 Å². The first-order valence-electron chi connectivity index (χ1n) is 4.82. The summed E-state index contributed by atoms with van der Waals surface area (Å²) in [6, 6.07) is 0.164. The number of rotatable bonds is 2. The molecule has 0 spiro atoms. The Labute approximate surface area is 81.3 Å². The standard InChI is InChI=1S/C9H17NO2S/c1-3-9(13(11)12)8-6-4-5-7-10(8)2/h8H,3-7H2,1-2H3. The van der Waals surface area contributed by atoms with E-state index in [1.54, 1.807) is 0 Å². The summed E-state index contributed by atoms with van der Waals surface area (Å²) in [4.78, 5) is 2.82. The zero-order chi connectivity index (χ0) is 9.84. The van der Waals surface area contributed by atoms with Crippen LogP contribution < -0.4 is 0 Å². The number of hydrogen-bond donors (Lipinski definition) is 0. The Kier molecular flexibility index (Phi) is 3.93. The Hall–Kier alpha value is -0.350. The highest BCUT2D eigenvalue weighted by Crippen LogP contribution is 2.16. The minimum Gasteiger partial charge on any atom is -0.299 e. The van der Waals surface area contributed by atoms with Crippen LogP contribution in [0, 0.1) is 0 Å². The number of nitrogens with zero attached hydrogens (tertiary/aromatic N) is 1. The van der Waals surface area contributed by atoms with Crippen molar-refractivity contribution >= 4 is 15.2 Å². The summed E-state index contributed by atoms with van der Waals surface area (Å²) in [5.74, 6) is 0. The van der Waals surface area contributed by atoms with Crippen LogP contribution in [-0.2, 0) is 10.3 Å². The van der Waals surface area contributed by atoms with Gasteiger partial charge in [-0.3, -0.25) is 4.90 Å². The minimum absolute atomic E-state index is 0.164. The maximum absolute atomic E-state index is 10.9. The summed E-state index contributed by atoms with van der Waals surface area (Å²) in [6.07, 6.45) is 3.98. The Morgan fingerprint density at radius 3 is 2.62 bits per heavy atom. The van der Waals surface area contributed by atoms with Gasteiger partial charge in [0.1, 0.15) is 0 Å². The second kappa shape index (κ2) is 4.77. The average Bonchev–Trinajstić information content (AvgIpc) is 2.09. The first-order valence-corrected chi connectivity index (χ1v) is 5.89. The van der Waals surface area contributed by atoms with Crippen molar-refractivity contribution in [1.82, 2.24) is 4.90 Å². The fraction of sp³-hybridized carbons (Fsp3) is 0.889. The van der Waals surface area contributed by atoms with Crippen LogP contribution in [0.5, 0.6) is 0 Å². The van der Waals surface area contributed by atoms with E-state index in [1.807, 2.05) is 14.0 Å². The first kappa shape index (κ1) is 10.7. The summed E-state index contributed by atoms with van der Waals surface area (Å²) < 4.78 is 21.8. The van der Waals surface area contributed by atoms with Gasteiger partial charge in [0.15, 0.2) is 0 Å². The molecule has 1 rings (SSSR count). The molecule has 0 aliphatic carbocycles. The molecule has 0 bridgehead atoms. The van der Waals surface area contributed by atoms with Gasteiger partial charge in [-0.1, -0.05) is 13.3 Å². The van der Waals surface area contributed by atoms with Gasteiger partial charge in [-0.25, -0.2) is 0 Å². The van der Waals surface area contributed by atoms with Gasteiger partial charge in [0.25, 0.3) is 0 Å². The van der Waals surface area contributed by atoms with Crippen molar-refractivity contribution in [2.24, 2.45) is 0 Å². The van der Waals surface area contributed by atoms with E-state index < -0.39 is 10.3 Å². The lowest BCUT2D eigenvalue weighted by Crippen LogP contribution is -2.42. The van der Waals surface area contributed by atoms with Crippen LogP contribution in [0.1, 0.15) is 32.6 Å².